The predicted octanol–water partition coefficient (Wildman–Crippen LogP) is 2.24. The normalized spacial score (nSPS) is 20.6. The molecule has 0 atom stereocenters. The first kappa shape index (κ1) is 12.0. The maximum atomic E-state index is 5.73. The van der Waals surface area contributed by atoms with Gasteiger partial charge in [0.15, 0.2) is 0 Å². The fourth-order valence-corrected chi connectivity index (χ4v) is 2.84. The van der Waals surface area contributed by atoms with Gasteiger partial charge in [-0.25, -0.2) is 0 Å². The van der Waals surface area contributed by atoms with Gasteiger partial charge in [0.05, 0.1) is 0 Å². The summed E-state index contributed by atoms with van der Waals surface area (Å²) in [7, 11) is 0. The molecule has 0 bridgehead atoms. The Morgan fingerprint density at radius 2 is 1.71 bits per heavy atom. The zero-order chi connectivity index (χ0) is 10.4. The van der Waals surface area contributed by atoms with E-state index in [0.717, 1.165) is 6.54 Å². The highest BCUT2D eigenvalue weighted by molar-refractivity contribution is 4.87. The smallest absolute Gasteiger partial charge is 0.00382 e. The highest BCUT2D eigenvalue weighted by Gasteiger charge is 2.33. The van der Waals surface area contributed by atoms with Crippen molar-refractivity contribution in [3.8, 4) is 0 Å². The second-order valence-electron chi connectivity index (χ2n) is 4.71. The Labute approximate surface area is 88.8 Å². The Bertz CT molecular complexity index is 146. The Kier molecular flexibility index (Phi) is 4.90. The topological polar surface area (TPSA) is 29.3 Å². The van der Waals surface area contributed by atoms with Gasteiger partial charge in [-0.1, -0.05) is 26.7 Å². The minimum atomic E-state index is 0.570. The van der Waals surface area contributed by atoms with E-state index >= 15 is 0 Å². The Morgan fingerprint density at radius 3 is 2.14 bits per heavy atom. The summed E-state index contributed by atoms with van der Waals surface area (Å²) in [4.78, 5) is 2.56. The van der Waals surface area contributed by atoms with Crippen LogP contribution >= 0.6 is 0 Å². The van der Waals surface area contributed by atoms with Crippen molar-refractivity contribution in [1.82, 2.24) is 4.90 Å². The molecule has 1 fully saturated rings. The van der Waals surface area contributed by atoms with Crippen LogP contribution in [0.2, 0.25) is 0 Å². The third kappa shape index (κ3) is 2.96. The molecule has 0 heterocycles. The lowest BCUT2D eigenvalue weighted by molar-refractivity contribution is 0.154. The van der Waals surface area contributed by atoms with Crippen LogP contribution in [-0.4, -0.2) is 31.1 Å². The molecule has 1 aliphatic rings. The Balaban J connectivity index is 2.49. The van der Waals surface area contributed by atoms with Gasteiger partial charge < -0.3 is 10.6 Å². The van der Waals surface area contributed by atoms with Gasteiger partial charge in [0, 0.05) is 6.54 Å². The number of rotatable bonds is 6. The largest absolute Gasteiger partial charge is 0.330 e. The van der Waals surface area contributed by atoms with E-state index in [9.17, 15) is 0 Å². The lowest BCUT2D eigenvalue weighted by Crippen LogP contribution is -2.37. The van der Waals surface area contributed by atoms with Crippen LogP contribution < -0.4 is 5.73 Å². The maximum absolute atomic E-state index is 5.73. The van der Waals surface area contributed by atoms with Crippen molar-refractivity contribution in [1.29, 1.82) is 0 Å². The minimum Gasteiger partial charge on any atom is -0.330 e. The summed E-state index contributed by atoms with van der Waals surface area (Å²) in [5.41, 5.74) is 6.30. The molecule has 1 saturated carbocycles. The first-order chi connectivity index (χ1) is 6.76. The van der Waals surface area contributed by atoms with E-state index in [1.165, 1.54) is 51.7 Å². The summed E-state index contributed by atoms with van der Waals surface area (Å²) in [5.74, 6) is 0. The molecule has 2 nitrogen and oxygen atoms in total. The van der Waals surface area contributed by atoms with Crippen LogP contribution in [0.25, 0.3) is 0 Å². The van der Waals surface area contributed by atoms with Crippen molar-refractivity contribution in [2.45, 2.75) is 46.0 Å². The van der Waals surface area contributed by atoms with Crippen molar-refractivity contribution in [2.24, 2.45) is 11.1 Å². The molecule has 1 aliphatic carbocycles. The molecule has 0 saturated heterocycles. The van der Waals surface area contributed by atoms with Gasteiger partial charge in [0.1, 0.15) is 0 Å². The van der Waals surface area contributed by atoms with Crippen molar-refractivity contribution < 1.29 is 0 Å². The molecule has 0 unspecified atom stereocenters. The molecule has 84 valence electrons. The van der Waals surface area contributed by atoms with E-state index in [1.54, 1.807) is 0 Å². The van der Waals surface area contributed by atoms with Crippen LogP contribution in [0.1, 0.15) is 46.0 Å². The second-order valence-corrected chi connectivity index (χ2v) is 4.71. The van der Waals surface area contributed by atoms with E-state index in [-0.39, 0.29) is 0 Å². The molecule has 1 rings (SSSR count). The molecule has 0 aromatic rings. The van der Waals surface area contributed by atoms with E-state index in [2.05, 4.69) is 18.7 Å². The third-order valence-corrected chi connectivity index (χ3v) is 3.79. The van der Waals surface area contributed by atoms with Crippen molar-refractivity contribution in [3.05, 3.63) is 0 Å². The molecular weight excluding hydrogens is 172 g/mol. The van der Waals surface area contributed by atoms with Crippen LogP contribution in [0.5, 0.6) is 0 Å². The predicted molar refractivity (Wildman–Crippen MR) is 62.4 cm³/mol. The molecule has 14 heavy (non-hydrogen) atoms. The van der Waals surface area contributed by atoms with Crippen LogP contribution in [0, 0.1) is 5.41 Å². The second kappa shape index (κ2) is 5.72. The third-order valence-electron chi connectivity index (χ3n) is 3.79. The van der Waals surface area contributed by atoms with Gasteiger partial charge in [-0.3, -0.25) is 0 Å². The van der Waals surface area contributed by atoms with E-state index < -0.39 is 0 Å². The minimum absolute atomic E-state index is 0.570. The Hall–Kier alpha value is -0.0800. The van der Waals surface area contributed by atoms with Gasteiger partial charge in [-0.05, 0) is 44.3 Å². The standard InChI is InChI=1S/C12H26N2/c1-3-14(4-2)11-12(9-10-13)7-5-6-8-12/h3-11,13H2,1-2H3. The van der Waals surface area contributed by atoms with Gasteiger partial charge in [0.25, 0.3) is 0 Å². The zero-order valence-corrected chi connectivity index (χ0v) is 9.89. The summed E-state index contributed by atoms with van der Waals surface area (Å²) in [6.07, 6.45) is 6.87. The summed E-state index contributed by atoms with van der Waals surface area (Å²) in [6.45, 7) is 9.02. The zero-order valence-electron chi connectivity index (χ0n) is 9.89. The summed E-state index contributed by atoms with van der Waals surface area (Å²) in [6, 6.07) is 0. The van der Waals surface area contributed by atoms with E-state index in [4.69, 9.17) is 5.73 Å². The van der Waals surface area contributed by atoms with Crippen molar-refractivity contribution in [2.75, 3.05) is 26.2 Å². The monoisotopic (exact) mass is 198 g/mol. The van der Waals surface area contributed by atoms with Crippen LogP contribution in [0.4, 0.5) is 0 Å². The first-order valence-electron chi connectivity index (χ1n) is 6.19. The summed E-state index contributed by atoms with van der Waals surface area (Å²) >= 11 is 0. The van der Waals surface area contributed by atoms with E-state index in [0.29, 0.717) is 5.41 Å². The van der Waals surface area contributed by atoms with Crippen molar-refractivity contribution >= 4 is 0 Å². The van der Waals surface area contributed by atoms with Crippen LogP contribution in [-0.2, 0) is 0 Å². The first-order valence-corrected chi connectivity index (χ1v) is 6.19. The number of nitrogens with two attached hydrogens (primary N) is 1. The lowest BCUT2D eigenvalue weighted by atomic mass is 9.82. The van der Waals surface area contributed by atoms with E-state index in [1.807, 2.05) is 0 Å². The molecule has 0 spiro atoms. The van der Waals surface area contributed by atoms with Crippen LogP contribution in [0.3, 0.4) is 0 Å². The van der Waals surface area contributed by atoms with Gasteiger partial charge >= 0.3 is 0 Å². The summed E-state index contributed by atoms with van der Waals surface area (Å²) in [5, 5.41) is 0. The van der Waals surface area contributed by atoms with Gasteiger partial charge in [-0.2, -0.15) is 0 Å². The lowest BCUT2D eigenvalue weighted by Gasteiger charge is -2.34. The molecule has 0 amide bonds. The Morgan fingerprint density at radius 1 is 1.14 bits per heavy atom. The summed E-state index contributed by atoms with van der Waals surface area (Å²) < 4.78 is 0. The fraction of sp³-hybridized carbons (Fsp3) is 1.00. The highest BCUT2D eigenvalue weighted by atomic mass is 15.1. The fourth-order valence-electron chi connectivity index (χ4n) is 2.84. The molecule has 2 N–H and O–H groups in total. The van der Waals surface area contributed by atoms with Crippen LogP contribution in [0.15, 0.2) is 0 Å². The SMILES string of the molecule is CCN(CC)CC1(CCN)CCCC1. The average Bonchev–Trinajstić information content (AvgIpc) is 2.64. The van der Waals surface area contributed by atoms with Gasteiger partial charge in [0.2, 0.25) is 0 Å². The average molecular weight is 198 g/mol. The molecule has 0 aromatic carbocycles. The maximum Gasteiger partial charge on any atom is 0.00382 e. The number of hydrogen-bond acceptors (Lipinski definition) is 2. The highest BCUT2D eigenvalue weighted by Crippen LogP contribution is 2.41. The number of nitrogens with zero attached hydrogens (tertiary/aromatic N) is 1. The molecule has 0 radical (unpaired) electrons. The van der Waals surface area contributed by atoms with Gasteiger partial charge in [-0.15, -0.1) is 0 Å². The molecule has 0 aromatic heterocycles. The molecular formula is C12H26N2. The number of hydrogen-bond donors (Lipinski definition) is 1. The molecule has 0 aliphatic heterocycles. The molecule has 2 heteroatoms. The quantitative estimate of drug-likeness (QED) is 0.709. The van der Waals surface area contributed by atoms with Crippen molar-refractivity contribution in [3.63, 3.8) is 0 Å².